The van der Waals surface area contributed by atoms with Gasteiger partial charge in [0.1, 0.15) is 0 Å². The minimum Gasteiger partial charge on any atom is -0.390 e. The fourth-order valence-corrected chi connectivity index (χ4v) is 2.26. The summed E-state index contributed by atoms with van der Waals surface area (Å²) in [5.74, 6) is -1.44. The average Bonchev–Trinajstić information content (AvgIpc) is 2.53. The predicted molar refractivity (Wildman–Crippen MR) is 69.0 cm³/mol. The number of nitrogen functional groups attached to an aromatic ring is 1. The number of carbonyl (C=O) groups is 1. The summed E-state index contributed by atoms with van der Waals surface area (Å²) < 4.78 is 13.8. The molecule has 1 saturated heterocycles. The van der Waals surface area contributed by atoms with Gasteiger partial charge in [-0.15, -0.1) is 0 Å². The molecular formula is C13H18FN3O2. The number of hydrogen-bond donors (Lipinski definition) is 2. The molecule has 0 aliphatic carbocycles. The van der Waals surface area contributed by atoms with Crippen molar-refractivity contribution >= 4 is 11.7 Å². The molecule has 1 atom stereocenters. The first-order chi connectivity index (χ1) is 8.91. The van der Waals surface area contributed by atoms with Gasteiger partial charge >= 0.3 is 0 Å². The van der Waals surface area contributed by atoms with Gasteiger partial charge in [-0.25, -0.2) is 9.37 Å². The number of rotatable bonds is 1. The molecule has 0 aromatic carbocycles. The number of nitrogens with two attached hydrogens (primary N) is 1. The van der Waals surface area contributed by atoms with Gasteiger partial charge in [-0.3, -0.25) is 4.79 Å². The van der Waals surface area contributed by atoms with E-state index in [4.69, 9.17) is 5.73 Å². The minimum absolute atomic E-state index is 0.0611. The Balaban J connectivity index is 2.18. The lowest BCUT2D eigenvalue weighted by Crippen LogP contribution is -2.34. The number of aliphatic hydroxyl groups is 1. The van der Waals surface area contributed by atoms with E-state index in [9.17, 15) is 14.3 Å². The summed E-state index contributed by atoms with van der Waals surface area (Å²) >= 11 is 0. The van der Waals surface area contributed by atoms with Gasteiger partial charge in [-0.1, -0.05) is 0 Å². The van der Waals surface area contributed by atoms with Crippen molar-refractivity contribution < 1.29 is 14.3 Å². The van der Waals surface area contributed by atoms with Gasteiger partial charge in [-0.05, 0) is 32.3 Å². The van der Waals surface area contributed by atoms with E-state index in [1.165, 1.54) is 12.3 Å². The van der Waals surface area contributed by atoms with Crippen LogP contribution in [0.3, 0.4) is 0 Å². The number of hydrogen-bond acceptors (Lipinski definition) is 4. The van der Waals surface area contributed by atoms with Crippen LogP contribution >= 0.6 is 0 Å². The van der Waals surface area contributed by atoms with Crippen molar-refractivity contribution in [1.82, 2.24) is 9.88 Å². The van der Waals surface area contributed by atoms with E-state index in [0.717, 1.165) is 0 Å². The van der Waals surface area contributed by atoms with Crippen molar-refractivity contribution in [2.24, 2.45) is 0 Å². The molecule has 1 aromatic rings. The summed E-state index contributed by atoms with van der Waals surface area (Å²) in [6.07, 6.45) is 3.14. The van der Waals surface area contributed by atoms with Gasteiger partial charge in [0, 0.05) is 19.3 Å². The number of anilines is 1. The SMILES string of the molecule is CC1(O)CCCN(C(=O)c2ccnc(N)c2F)CC1. The van der Waals surface area contributed by atoms with Crippen LogP contribution in [0.1, 0.15) is 36.5 Å². The lowest BCUT2D eigenvalue weighted by atomic mass is 9.98. The smallest absolute Gasteiger partial charge is 0.257 e. The Labute approximate surface area is 111 Å². The van der Waals surface area contributed by atoms with E-state index >= 15 is 0 Å². The Bertz CT molecular complexity index is 491. The molecule has 1 amide bonds. The quantitative estimate of drug-likeness (QED) is 0.800. The maximum atomic E-state index is 13.8. The first-order valence-corrected chi connectivity index (χ1v) is 6.32. The van der Waals surface area contributed by atoms with Crippen LogP contribution in [-0.4, -0.2) is 39.6 Å². The summed E-state index contributed by atoms with van der Waals surface area (Å²) in [6.45, 7) is 2.68. The molecule has 0 radical (unpaired) electrons. The van der Waals surface area contributed by atoms with E-state index in [0.29, 0.717) is 32.4 Å². The Morgan fingerprint density at radius 2 is 2.26 bits per heavy atom. The molecule has 19 heavy (non-hydrogen) atoms. The molecule has 0 saturated carbocycles. The summed E-state index contributed by atoms with van der Waals surface area (Å²) in [6, 6.07) is 1.33. The van der Waals surface area contributed by atoms with Crippen LogP contribution in [-0.2, 0) is 0 Å². The van der Waals surface area contributed by atoms with Gasteiger partial charge in [0.05, 0.1) is 11.2 Å². The Morgan fingerprint density at radius 1 is 1.53 bits per heavy atom. The molecule has 6 heteroatoms. The molecular weight excluding hydrogens is 249 g/mol. The van der Waals surface area contributed by atoms with E-state index in [-0.39, 0.29) is 11.4 Å². The van der Waals surface area contributed by atoms with Crippen molar-refractivity contribution in [3.8, 4) is 0 Å². The van der Waals surface area contributed by atoms with E-state index in [2.05, 4.69) is 4.98 Å². The van der Waals surface area contributed by atoms with Crippen LogP contribution < -0.4 is 5.73 Å². The van der Waals surface area contributed by atoms with E-state index in [1.807, 2.05) is 0 Å². The van der Waals surface area contributed by atoms with Crippen LogP contribution in [0.25, 0.3) is 0 Å². The fourth-order valence-electron chi connectivity index (χ4n) is 2.26. The summed E-state index contributed by atoms with van der Waals surface area (Å²) in [5, 5.41) is 9.98. The Kier molecular flexibility index (Phi) is 3.71. The molecule has 1 aromatic heterocycles. The Hall–Kier alpha value is -1.69. The molecule has 2 rings (SSSR count). The number of aromatic nitrogens is 1. The third kappa shape index (κ3) is 3.01. The van der Waals surface area contributed by atoms with E-state index in [1.54, 1.807) is 11.8 Å². The van der Waals surface area contributed by atoms with Gasteiger partial charge < -0.3 is 15.7 Å². The summed E-state index contributed by atoms with van der Waals surface area (Å²) in [7, 11) is 0. The molecule has 1 aliphatic heterocycles. The maximum Gasteiger partial charge on any atom is 0.257 e. The zero-order valence-corrected chi connectivity index (χ0v) is 10.9. The van der Waals surface area contributed by atoms with Crippen LogP contribution in [0.15, 0.2) is 12.3 Å². The second-order valence-electron chi connectivity index (χ2n) is 5.20. The highest BCUT2D eigenvalue weighted by Gasteiger charge is 2.28. The van der Waals surface area contributed by atoms with Gasteiger partial charge in [0.2, 0.25) is 0 Å². The number of carbonyl (C=O) groups excluding carboxylic acids is 1. The zero-order chi connectivity index (χ0) is 14.0. The predicted octanol–water partition coefficient (Wildman–Crippen LogP) is 1.18. The zero-order valence-electron chi connectivity index (χ0n) is 10.9. The summed E-state index contributed by atoms with van der Waals surface area (Å²) in [4.78, 5) is 17.4. The summed E-state index contributed by atoms with van der Waals surface area (Å²) in [5.41, 5.74) is 4.54. The molecule has 5 nitrogen and oxygen atoms in total. The second kappa shape index (κ2) is 5.13. The maximum absolute atomic E-state index is 13.8. The molecule has 1 aliphatic rings. The van der Waals surface area contributed by atoms with E-state index < -0.39 is 17.3 Å². The third-order valence-electron chi connectivity index (χ3n) is 3.50. The molecule has 0 spiro atoms. The van der Waals surface area contributed by atoms with Crippen molar-refractivity contribution in [2.45, 2.75) is 31.8 Å². The highest BCUT2D eigenvalue weighted by molar-refractivity contribution is 5.95. The molecule has 0 bridgehead atoms. The fraction of sp³-hybridized carbons (Fsp3) is 0.538. The van der Waals surface area contributed by atoms with Crippen molar-refractivity contribution in [3.05, 3.63) is 23.6 Å². The molecule has 104 valence electrons. The monoisotopic (exact) mass is 267 g/mol. The molecule has 1 unspecified atom stereocenters. The average molecular weight is 267 g/mol. The standard InChI is InChI=1S/C13H18FN3O2/c1-13(19)4-2-7-17(8-5-13)12(18)9-3-6-16-11(15)10(9)14/h3,6,19H,2,4-5,7-8H2,1H3,(H2,15,16). The van der Waals surface area contributed by atoms with Crippen LogP contribution in [0.2, 0.25) is 0 Å². The van der Waals surface area contributed by atoms with Crippen molar-refractivity contribution in [3.63, 3.8) is 0 Å². The highest BCUT2D eigenvalue weighted by atomic mass is 19.1. The minimum atomic E-state index is -0.775. The van der Waals surface area contributed by atoms with Crippen molar-refractivity contribution in [1.29, 1.82) is 0 Å². The van der Waals surface area contributed by atoms with Crippen LogP contribution in [0, 0.1) is 5.82 Å². The largest absolute Gasteiger partial charge is 0.390 e. The third-order valence-corrected chi connectivity index (χ3v) is 3.50. The number of amides is 1. The first kappa shape index (κ1) is 13.7. The first-order valence-electron chi connectivity index (χ1n) is 6.32. The number of nitrogens with zero attached hydrogens (tertiary/aromatic N) is 2. The molecule has 3 N–H and O–H groups in total. The van der Waals surface area contributed by atoms with Crippen LogP contribution in [0.5, 0.6) is 0 Å². The van der Waals surface area contributed by atoms with Crippen molar-refractivity contribution in [2.75, 3.05) is 18.8 Å². The van der Waals surface area contributed by atoms with Gasteiger partial charge in [-0.2, -0.15) is 0 Å². The Morgan fingerprint density at radius 3 is 3.00 bits per heavy atom. The number of likely N-dealkylation sites (tertiary alicyclic amines) is 1. The van der Waals surface area contributed by atoms with Crippen LogP contribution in [0.4, 0.5) is 10.2 Å². The second-order valence-corrected chi connectivity index (χ2v) is 5.20. The molecule has 1 fully saturated rings. The lowest BCUT2D eigenvalue weighted by molar-refractivity contribution is 0.0437. The normalized spacial score (nSPS) is 24.1. The van der Waals surface area contributed by atoms with Gasteiger partial charge in [0.15, 0.2) is 11.6 Å². The topological polar surface area (TPSA) is 79.5 Å². The highest BCUT2D eigenvalue weighted by Crippen LogP contribution is 2.23. The van der Waals surface area contributed by atoms with Gasteiger partial charge in [0.25, 0.3) is 5.91 Å². The number of pyridine rings is 1. The molecule has 2 heterocycles. The lowest BCUT2D eigenvalue weighted by Gasteiger charge is -2.22. The number of halogens is 1.